The maximum atomic E-state index is 11.5. The van der Waals surface area contributed by atoms with E-state index in [0.29, 0.717) is 0 Å². The summed E-state index contributed by atoms with van der Waals surface area (Å²) in [5, 5.41) is 0.287. The molecule has 1 heterocycles. The topological polar surface area (TPSA) is 52.6 Å². The van der Waals surface area contributed by atoms with Crippen molar-refractivity contribution in [3.63, 3.8) is 0 Å². The van der Waals surface area contributed by atoms with Crippen molar-refractivity contribution >= 4 is 31.3 Å². The summed E-state index contributed by atoms with van der Waals surface area (Å²) < 4.78 is 34.3. The molecule has 1 saturated heterocycles. The Morgan fingerprint density at radius 3 is 2.70 bits per heavy atom. The molecular weight excluding hydrogens is 323 g/mol. The smallest absolute Gasteiger partial charge is 0.265 e. The summed E-state index contributed by atoms with van der Waals surface area (Å²) in [5.41, 5.74) is -0.157. The third-order valence-corrected chi connectivity index (χ3v) is 4.73. The highest BCUT2D eigenvalue weighted by atomic mass is 35.7. The van der Waals surface area contributed by atoms with Crippen molar-refractivity contribution in [3.8, 4) is 5.75 Å². The molecule has 20 heavy (non-hydrogen) atoms. The molecule has 1 fully saturated rings. The van der Waals surface area contributed by atoms with Gasteiger partial charge in [0.15, 0.2) is 0 Å². The average Bonchev–Trinajstić information content (AvgIpc) is 2.66. The number of rotatable bonds is 4. The van der Waals surface area contributed by atoms with Gasteiger partial charge in [-0.05, 0) is 44.9 Å². The number of hydrogen-bond donors (Lipinski definition) is 0. The fourth-order valence-electron chi connectivity index (χ4n) is 2.17. The minimum absolute atomic E-state index is 0.0495. The highest BCUT2D eigenvalue weighted by Gasteiger charge is 2.32. The number of halogens is 2. The van der Waals surface area contributed by atoms with Gasteiger partial charge in [0, 0.05) is 15.7 Å². The second-order valence-corrected chi connectivity index (χ2v) is 8.35. The van der Waals surface area contributed by atoms with Crippen LogP contribution in [0, 0.1) is 0 Å². The van der Waals surface area contributed by atoms with Gasteiger partial charge in [0.05, 0.1) is 11.7 Å². The Labute approximate surface area is 128 Å². The Kier molecular flexibility index (Phi) is 4.54. The summed E-state index contributed by atoms with van der Waals surface area (Å²) in [5.74, 6) is 0.192. The molecule has 0 N–H and O–H groups in total. The molecule has 1 aliphatic heterocycles. The largest absolute Gasteiger partial charge is 0.489 e. The predicted molar refractivity (Wildman–Crippen MR) is 78.2 cm³/mol. The lowest BCUT2D eigenvalue weighted by molar-refractivity contribution is -0.0330. The second-order valence-electron chi connectivity index (χ2n) is 5.38. The van der Waals surface area contributed by atoms with E-state index in [9.17, 15) is 8.42 Å². The standard InChI is InChI=1S/C13H16Cl2O4S/c1-13(2)6-5-10(19-13)8-18-11-4-3-9(14)7-12(11)20(15,16)17/h3-4,7,10H,5-6,8H2,1-2H3. The van der Waals surface area contributed by atoms with Crippen molar-refractivity contribution in [2.24, 2.45) is 0 Å². The first-order valence-corrected chi connectivity index (χ1v) is 8.91. The first kappa shape index (κ1) is 15.9. The van der Waals surface area contributed by atoms with Crippen LogP contribution in [0.1, 0.15) is 26.7 Å². The van der Waals surface area contributed by atoms with Crippen LogP contribution in [0.5, 0.6) is 5.75 Å². The van der Waals surface area contributed by atoms with Gasteiger partial charge in [0.1, 0.15) is 17.3 Å². The summed E-state index contributed by atoms with van der Waals surface area (Å²) in [7, 11) is 1.48. The van der Waals surface area contributed by atoms with Crippen molar-refractivity contribution in [2.45, 2.75) is 43.3 Å². The lowest BCUT2D eigenvalue weighted by atomic mass is 10.1. The average molecular weight is 339 g/mol. The maximum absolute atomic E-state index is 11.5. The van der Waals surface area contributed by atoms with E-state index >= 15 is 0 Å². The normalized spacial score (nSPS) is 21.9. The van der Waals surface area contributed by atoms with E-state index in [1.165, 1.54) is 12.1 Å². The van der Waals surface area contributed by atoms with Gasteiger partial charge in [-0.25, -0.2) is 8.42 Å². The van der Waals surface area contributed by atoms with Crippen LogP contribution >= 0.6 is 22.3 Å². The highest BCUT2D eigenvalue weighted by Crippen LogP contribution is 2.32. The molecule has 2 rings (SSSR count). The molecule has 112 valence electrons. The minimum atomic E-state index is -3.90. The van der Waals surface area contributed by atoms with Crippen LogP contribution in [0.15, 0.2) is 23.1 Å². The molecule has 1 atom stereocenters. The van der Waals surface area contributed by atoms with E-state index in [-0.39, 0.29) is 34.0 Å². The van der Waals surface area contributed by atoms with Gasteiger partial charge in [-0.2, -0.15) is 0 Å². The van der Waals surface area contributed by atoms with Crippen molar-refractivity contribution in [3.05, 3.63) is 23.2 Å². The molecule has 4 nitrogen and oxygen atoms in total. The van der Waals surface area contributed by atoms with E-state index < -0.39 is 9.05 Å². The molecule has 0 saturated carbocycles. The van der Waals surface area contributed by atoms with Crippen molar-refractivity contribution in [1.82, 2.24) is 0 Å². The first-order valence-electron chi connectivity index (χ1n) is 6.22. The fraction of sp³-hybridized carbons (Fsp3) is 0.538. The molecule has 1 aromatic rings. The van der Waals surface area contributed by atoms with Crippen LogP contribution in [0.3, 0.4) is 0 Å². The number of ether oxygens (including phenoxy) is 2. The zero-order valence-corrected chi connectivity index (χ0v) is 13.6. The summed E-state index contributed by atoms with van der Waals surface area (Å²) in [4.78, 5) is -0.121. The summed E-state index contributed by atoms with van der Waals surface area (Å²) in [6.45, 7) is 4.32. The van der Waals surface area contributed by atoms with Gasteiger partial charge < -0.3 is 9.47 Å². The molecule has 1 unspecified atom stereocenters. The Balaban J connectivity index is 2.11. The lowest BCUT2D eigenvalue weighted by Gasteiger charge is -2.19. The number of benzene rings is 1. The van der Waals surface area contributed by atoms with Gasteiger partial charge in [0.25, 0.3) is 9.05 Å². The third kappa shape index (κ3) is 4.01. The van der Waals surface area contributed by atoms with Gasteiger partial charge in [-0.1, -0.05) is 11.6 Å². The Bertz CT molecular complexity index is 598. The zero-order valence-electron chi connectivity index (χ0n) is 11.2. The first-order chi connectivity index (χ1) is 9.17. The fourth-order valence-corrected chi connectivity index (χ4v) is 3.40. The van der Waals surface area contributed by atoms with E-state index in [2.05, 4.69) is 0 Å². The van der Waals surface area contributed by atoms with Crippen molar-refractivity contribution < 1.29 is 17.9 Å². The van der Waals surface area contributed by atoms with E-state index in [0.717, 1.165) is 12.8 Å². The van der Waals surface area contributed by atoms with Gasteiger partial charge >= 0.3 is 0 Å². The van der Waals surface area contributed by atoms with Crippen LogP contribution in [-0.2, 0) is 13.8 Å². The summed E-state index contributed by atoms with van der Waals surface area (Å²) >= 11 is 5.78. The molecule has 1 aliphatic rings. The summed E-state index contributed by atoms with van der Waals surface area (Å²) in [6, 6.07) is 4.33. The molecule has 0 aliphatic carbocycles. The minimum Gasteiger partial charge on any atom is -0.489 e. The molecule has 1 aromatic carbocycles. The van der Waals surface area contributed by atoms with Gasteiger partial charge in [-0.3, -0.25) is 0 Å². The van der Waals surface area contributed by atoms with E-state index in [4.69, 9.17) is 31.8 Å². The van der Waals surface area contributed by atoms with Crippen molar-refractivity contribution in [2.75, 3.05) is 6.61 Å². The van der Waals surface area contributed by atoms with E-state index in [1.807, 2.05) is 13.8 Å². The Morgan fingerprint density at radius 2 is 2.15 bits per heavy atom. The van der Waals surface area contributed by atoms with Crippen LogP contribution < -0.4 is 4.74 Å². The maximum Gasteiger partial charge on any atom is 0.265 e. The van der Waals surface area contributed by atoms with Crippen LogP contribution in [0.25, 0.3) is 0 Å². The Hall–Kier alpha value is -0.490. The van der Waals surface area contributed by atoms with Crippen molar-refractivity contribution in [1.29, 1.82) is 0 Å². The molecule has 0 aromatic heterocycles. The van der Waals surface area contributed by atoms with Crippen LogP contribution in [-0.4, -0.2) is 26.7 Å². The monoisotopic (exact) mass is 338 g/mol. The quantitative estimate of drug-likeness (QED) is 0.787. The Morgan fingerprint density at radius 1 is 1.45 bits per heavy atom. The lowest BCUT2D eigenvalue weighted by Crippen LogP contribution is -2.24. The third-order valence-electron chi connectivity index (χ3n) is 3.15. The molecule has 7 heteroatoms. The molecule has 0 spiro atoms. The molecule has 0 radical (unpaired) electrons. The van der Waals surface area contributed by atoms with E-state index in [1.54, 1.807) is 6.07 Å². The second kappa shape index (κ2) is 5.72. The molecule has 0 amide bonds. The summed E-state index contributed by atoms with van der Waals surface area (Å²) in [6.07, 6.45) is 1.78. The van der Waals surface area contributed by atoms with Gasteiger partial charge in [0.2, 0.25) is 0 Å². The van der Waals surface area contributed by atoms with Crippen LogP contribution in [0.4, 0.5) is 0 Å². The zero-order chi connectivity index (χ0) is 15.0. The SMILES string of the molecule is CC1(C)CCC(COc2ccc(Cl)cc2S(=O)(=O)Cl)O1. The van der Waals surface area contributed by atoms with Gasteiger partial charge in [-0.15, -0.1) is 0 Å². The highest BCUT2D eigenvalue weighted by molar-refractivity contribution is 8.13. The molecular formula is C13H16Cl2O4S. The van der Waals surface area contributed by atoms with Crippen LogP contribution in [0.2, 0.25) is 5.02 Å². The predicted octanol–water partition coefficient (Wildman–Crippen LogP) is 3.60. The molecule has 0 bridgehead atoms. The number of hydrogen-bond acceptors (Lipinski definition) is 4.